The summed E-state index contributed by atoms with van der Waals surface area (Å²) in [6.45, 7) is 6.31. The van der Waals surface area contributed by atoms with Gasteiger partial charge in [0.2, 0.25) is 0 Å². The van der Waals surface area contributed by atoms with Crippen LogP contribution in [0.1, 0.15) is 31.7 Å². The van der Waals surface area contributed by atoms with Gasteiger partial charge in [-0.3, -0.25) is 0 Å². The minimum Gasteiger partial charge on any atom is -0.378 e. The largest absolute Gasteiger partial charge is 0.378 e. The second kappa shape index (κ2) is 5.93. The van der Waals surface area contributed by atoms with Crippen LogP contribution in [0.3, 0.4) is 0 Å². The lowest BCUT2D eigenvalue weighted by atomic mass is 9.98. The van der Waals surface area contributed by atoms with Gasteiger partial charge >= 0.3 is 0 Å². The third-order valence-corrected chi connectivity index (χ3v) is 4.38. The molecule has 2 aliphatic rings. The summed E-state index contributed by atoms with van der Waals surface area (Å²) in [5.41, 5.74) is 2.86. The summed E-state index contributed by atoms with van der Waals surface area (Å²) in [6, 6.07) is 9.46. The molecule has 2 aliphatic heterocycles. The third kappa shape index (κ3) is 2.77. The zero-order chi connectivity index (χ0) is 13.1. The van der Waals surface area contributed by atoms with Crippen molar-refractivity contribution in [2.75, 3.05) is 24.6 Å². The fourth-order valence-corrected chi connectivity index (χ4v) is 3.29. The lowest BCUT2D eigenvalue weighted by molar-refractivity contribution is 0.00485. The predicted octanol–water partition coefficient (Wildman–Crippen LogP) is 2.55. The summed E-state index contributed by atoms with van der Waals surface area (Å²) in [7, 11) is 0. The Morgan fingerprint density at radius 3 is 3.16 bits per heavy atom. The predicted molar refractivity (Wildman–Crippen MR) is 78.5 cm³/mol. The van der Waals surface area contributed by atoms with Crippen molar-refractivity contribution < 1.29 is 4.74 Å². The van der Waals surface area contributed by atoms with E-state index >= 15 is 0 Å². The van der Waals surface area contributed by atoms with Crippen molar-refractivity contribution >= 4 is 5.69 Å². The van der Waals surface area contributed by atoms with Crippen molar-refractivity contribution in [3.63, 3.8) is 0 Å². The van der Waals surface area contributed by atoms with Crippen molar-refractivity contribution in [1.82, 2.24) is 5.32 Å². The van der Waals surface area contributed by atoms with Crippen LogP contribution in [0.15, 0.2) is 24.3 Å². The monoisotopic (exact) mass is 260 g/mol. The van der Waals surface area contributed by atoms with Gasteiger partial charge in [-0.05, 0) is 30.9 Å². The highest BCUT2D eigenvalue weighted by Gasteiger charge is 2.28. The number of benzene rings is 1. The average Bonchev–Trinajstić information content (AvgIpc) is 2.69. The van der Waals surface area contributed by atoms with Crippen LogP contribution in [-0.4, -0.2) is 31.8 Å². The summed E-state index contributed by atoms with van der Waals surface area (Å²) in [4.78, 5) is 2.61. The standard InChI is InChI=1S/C16H24N2O/c1-2-15-11-14(7-10-19-15)18-9-8-17-12-13-5-3-4-6-16(13)18/h3-6,14-15,17H,2,7-12H2,1H3. The normalized spacial score (nSPS) is 27.7. The zero-order valence-corrected chi connectivity index (χ0v) is 11.8. The Morgan fingerprint density at radius 2 is 2.26 bits per heavy atom. The molecule has 3 nitrogen and oxygen atoms in total. The first-order valence-corrected chi connectivity index (χ1v) is 7.55. The molecule has 0 aliphatic carbocycles. The number of fused-ring (bicyclic) bond motifs is 1. The molecule has 3 heteroatoms. The van der Waals surface area contributed by atoms with Gasteiger partial charge in [0.25, 0.3) is 0 Å². The molecule has 0 saturated carbocycles. The van der Waals surface area contributed by atoms with Gasteiger partial charge in [-0.25, -0.2) is 0 Å². The van der Waals surface area contributed by atoms with Crippen molar-refractivity contribution in [3.8, 4) is 0 Å². The molecule has 1 fully saturated rings. The van der Waals surface area contributed by atoms with Gasteiger partial charge in [-0.2, -0.15) is 0 Å². The van der Waals surface area contributed by atoms with Gasteiger partial charge < -0.3 is 15.0 Å². The first-order valence-electron chi connectivity index (χ1n) is 7.55. The first kappa shape index (κ1) is 12.9. The van der Waals surface area contributed by atoms with E-state index in [-0.39, 0.29) is 0 Å². The highest BCUT2D eigenvalue weighted by atomic mass is 16.5. The van der Waals surface area contributed by atoms with Gasteiger partial charge in [0.05, 0.1) is 6.10 Å². The van der Waals surface area contributed by atoms with Gasteiger partial charge in [-0.15, -0.1) is 0 Å². The highest BCUT2D eigenvalue weighted by Crippen LogP contribution is 2.29. The van der Waals surface area contributed by atoms with E-state index in [1.165, 1.54) is 17.7 Å². The van der Waals surface area contributed by atoms with E-state index < -0.39 is 0 Å². The SMILES string of the molecule is CCC1CC(N2CCNCc3ccccc32)CCO1. The Bertz CT molecular complexity index is 421. The Balaban J connectivity index is 1.83. The molecule has 1 N–H and O–H groups in total. The number of rotatable bonds is 2. The third-order valence-electron chi connectivity index (χ3n) is 4.38. The zero-order valence-electron chi connectivity index (χ0n) is 11.8. The van der Waals surface area contributed by atoms with Crippen LogP contribution >= 0.6 is 0 Å². The summed E-state index contributed by atoms with van der Waals surface area (Å²) < 4.78 is 5.83. The minimum atomic E-state index is 0.446. The van der Waals surface area contributed by atoms with Crippen LogP contribution in [0, 0.1) is 0 Å². The molecule has 2 heterocycles. The van der Waals surface area contributed by atoms with Crippen molar-refractivity contribution in [1.29, 1.82) is 0 Å². The maximum atomic E-state index is 5.83. The maximum absolute atomic E-state index is 5.83. The molecule has 0 radical (unpaired) electrons. The van der Waals surface area contributed by atoms with Crippen LogP contribution in [0.2, 0.25) is 0 Å². The quantitative estimate of drug-likeness (QED) is 0.884. The number of hydrogen-bond donors (Lipinski definition) is 1. The van der Waals surface area contributed by atoms with E-state index in [4.69, 9.17) is 4.74 Å². The smallest absolute Gasteiger partial charge is 0.0592 e. The maximum Gasteiger partial charge on any atom is 0.0592 e. The molecule has 0 spiro atoms. The Morgan fingerprint density at radius 1 is 1.37 bits per heavy atom. The van der Waals surface area contributed by atoms with E-state index in [1.54, 1.807) is 0 Å². The molecule has 1 aromatic carbocycles. The summed E-state index contributed by atoms with van der Waals surface area (Å²) in [6.07, 6.45) is 3.90. The first-order chi connectivity index (χ1) is 9.38. The minimum absolute atomic E-state index is 0.446. The molecule has 0 aromatic heterocycles. The molecule has 104 valence electrons. The lowest BCUT2D eigenvalue weighted by Crippen LogP contribution is -2.44. The Labute approximate surface area is 115 Å². The second-order valence-electron chi connectivity index (χ2n) is 5.58. The summed E-state index contributed by atoms with van der Waals surface area (Å²) in [5.74, 6) is 0. The summed E-state index contributed by atoms with van der Waals surface area (Å²) >= 11 is 0. The molecule has 0 bridgehead atoms. The molecular weight excluding hydrogens is 236 g/mol. The van der Waals surface area contributed by atoms with Gasteiger partial charge in [0.1, 0.15) is 0 Å². The van der Waals surface area contributed by atoms with Crippen LogP contribution in [-0.2, 0) is 11.3 Å². The van der Waals surface area contributed by atoms with Crippen LogP contribution < -0.4 is 10.2 Å². The number of hydrogen-bond acceptors (Lipinski definition) is 3. The Hall–Kier alpha value is -1.06. The molecule has 0 amide bonds. The molecular formula is C16H24N2O. The van der Waals surface area contributed by atoms with E-state index in [1.807, 2.05) is 0 Å². The second-order valence-corrected chi connectivity index (χ2v) is 5.58. The number of nitrogens with one attached hydrogen (secondary N) is 1. The van der Waals surface area contributed by atoms with E-state index in [2.05, 4.69) is 41.4 Å². The molecule has 19 heavy (non-hydrogen) atoms. The topological polar surface area (TPSA) is 24.5 Å². The summed E-state index contributed by atoms with van der Waals surface area (Å²) in [5, 5.41) is 3.52. The molecule has 2 unspecified atom stereocenters. The lowest BCUT2D eigenvalue weighted by Gasteiger charge is -2.39. The van der Waals surface area contributed by atoms with Crippen LogP contribution in [0.4, 0.5) is 5.69 Å². The number of anilines is 1. The molecule has 1 saturated heterocycles. The molecule has 2 atom stereocenters. The van der Waals surface area contributed by atoms with Crippen molar-refractivity contribution in [3.05, 3.63) is 29.8 Å². The van der Waals surface area contributed by atoms with Gasteiger partial charge in [0, 0.05) is 38.0 Å². The van der Waals surface area contributed by atoms with Crippen molar-refractivity contribution in [2.24, 2.45) is 0 Å². The number of para-hydroxylation sites is 1. The number of nitrogens with zero attached hydrogens (tertiary/aromatic N) is 1. The van der Waals surface area contributed by atoms with Crippen LogP contribution in [0.5, 0.6) is 0 Å². The average molecular weight is 260 g/mol. The van der Waals surface area contributed by atoms with E-state index in [9.17, 15) is 0 Å². The number of ether oxygens (including phenoxy) is 1. The van der Waals surface area contributed by atoms with E-state index in [0.717, 1.165) is 39.1 Å². The molecule has 3 rings (SSSR count). The fraction of sp³-hybridized carbons (Fsp3) is 0.625. The van der Waals surface area contributed by atoms with Gasteiger partial charge in [-0.1, -0.05) is 25.1 Å². The van der Waals surface area contributed by atoms with Crippen molar-refractivity contribution in [2.45, 2.75) is 44.9 Å². The van der Waals surface area contributed by atoms with Crippen LogP contribution in [0.25, 0.3) is 0 Å². The molecule has 1 aromatic rings. The fourth-order valence-electron chi connectivity index (χ4n) is 3.29. The Kier molecular flexibility index (Phi) is 4.04. The van der Waals surface area contributed by atoms with Gasteiger partial charge in [0.15, 0.2) is 0 Å². The highest BCUT2D eigenvalue weighted by molar-refractivity contribution is 5.55. The van der Waals surface area contributed by atoms with E-state index in [0.29, 0.717) is 12.1 Å².